The molecule has 1 amide bonds. The molecule has 0 radical (unpaired) electrons. The van der Waals surface area contributed by atoms with Gasteiger partial charge in [-0.25, -0.2) is 8.42 Å². The van der Waals surface area contributed by atoms with E-state index in [0.717, 1.165) is 24.1 Å². The first-order valence-electron chi connectivity index (χ1n) is 9.24. The van der Waals surface area contributed by atoms with Crippen molar-refractivity contribution in [3.8, 4) is 0 Å². The topological polar surface area (TPSA) is 78.5 Å². The van der Waals surface area contributed by atoms with E-state index in [9.17, 15) is 13.2 Å². The lowest BCUT2D eigenvalue weighted by molar-refractivity contribution is 0.0952. The summed E-state index contributed by atoms with van der Waals surface area (Å²) in [4.78, 5) is 14.5. The molecule has 2 N–H and O–H groups in total. The number of nitrogens with one attached hydrogen (secondary N) is 2. The summed E-state index contributed by atoms with van der Waals surface area (Å²) in [6.07, 6.45) is 0.823. The van der Waals surface area contributed by atoms with Gasteiger partial charge in [0.1, 0.15) is 0 Å². The minimum absolute atomic E-state index is 0.105. The van der Waals surface area contributed by atoms with Crippen molar-refractivity contribution in [2.75, 3.05) is 31.9 Å². The second kappa shape index (κ2) is 9.21. The number of hydrogen-bond acceptors (Lipinski definition) is 4. The van der Waals surface area contributed by atoms with Gasteiger partial charge in [0, 0.05) is 12.1 Å². The van der Waals surface area contributed by atoms with Crippen molar-refractivity contribution in [3.05, 3.63) is 58.7 Å². The van der Waals surface area contributed by atoms with Crippen molar-refractivity contribution in [2.45, 2.75) is 32.1 Å². The van der Waals surface area contributed by atoms with Gasteiger partial charge in [0.2, 0.25) is 0 Å². The molecule has 0 atom stereocenters. The van der Waals surface area contributed by atoms with Gasteiger partial charge in [0.15, 0.2) is 0 Å². The number of rotatable bonds is 8. The van der Waals surface area contributed by atoms with Crippen molar-refractivity contribution in [1.82, 2.24) is 10.2 Å². The number of amides is 1. The van der Waals surface area contributed by atoms with E-state index in [2.05, 4.69) is 10.0 Å². The quantitative estimate of drug-likeness (QED) is 0.664. The number of carbonyl (C=O) groups excluding carboxylic acids is 1. The number of carbonyl (C=O) groups is 1. The summed E-state index contributed by atoms with van der Waals surface area (Å²) in [7, 11) is 0.139. The molecule has 0 bridgehead atoms. The summed E-state index contributed by atoms with van der Waals surface area (Å²) in [6.45, 7) is 6.93. The van der Waals surface area contributed by atoms with Gasteiger partial charge in [-0.3, -0.25) is 9.52 Å². The lowest BCUT2D eigenvalue weighted by Gasteiger charge is -2.14. The average Bonchev–Trinajstić information content (AvgIpc) is 2.61. The maximum Gasteiger partial charge on any atom is 0.262 e. The molecule has 0 aliphatic heterocycles. The third-order valence-electron chi connectivity index (χ3n) is 4.43. The molecule has 0 spiro atoms. The molecule has 0 saturated heterocycles. The Morgan fingerprint density at radius 1 is 1.00 bits per heavy atom. The average molecular weight is 404 g/mol. The van der Waals surface area contributed by atoms with Gasteiger partial charge in [-0.05, 0) is 77.2 Å². The zero-order valence-corrected chi connectivity index (χ0v) is 18.0. The van der Waals surface area contributed by atoms with Crippen LogP contribution in [0.25, 0.3) is 0 Å². The predicted molar refractivity (Wildman–Crippen MR) is 113 cm³/mol. The normalized spacial score (nSPS) is 11.5. The molecule has 2 aromatic rings. The van der Waals surface area contributed by atoms with Crippen LogP contribution in [0.5, 0.6) is 0 Å². The van der Waals surface area contributed by atoms with Crippen LogP contribution in [0.15, 0.2) is 41.3 Å². The first-order valence-corrected chi connectivity index (χ1v) is 10.7. The van der Waals surface area contributed by atoms with Gasteiger partial charge in [-0.2, -0.15) is 0 Å². The van der Waals surface area contributed by atoms with Crippen LogP contribution in [-0.2, 0) is 10.0 Å². The highest BCUT2D eigenvalue weighted by atomic mass is 32.2. The van der Waals surface area contributed by atoms with E-state index in [4.69, 9.17) is 0 Å². The first kappa shape index (κ1) is 21.9. The monoisotopic (exact) mass is 403 g/mol. The SMILES string of the molecule is Cc1ccc(NS(=O)(=O)c2cc(C(=O)NCCCN(C)C)ccc2C)c(C)c1. The van der Waals surface area contributed by atoms with Gasteiger partial charge >= 0.3 is 0 Å². The van der Waals surface area contributed by atoms with Crippen LogP contribution in [0.3, 0.4) is 0 Å². The molecular formula is C21H29N3O3S. The number of nitrogens with zero attached hydrogens (tertiary/aromatic N) is 1. The Kier molecular flexibility index (Phi) is 7.21. The van der Waals surface area contributed by atoms with E-state index in [0.29, 0.717) is 23.4 Å². The fourth-order valence-electron chi connectivity index (χ4n) is 2.86. The van der Waals surface area contributed by atoms with Gasteiger partial charge < -0.3 is 10.2 Å². The second-order valence-electron chi connectivity index (χ2n) is 7.32. The third-order valence-corrected chi connectivity index (χ3v) is 5.94. The number of aryl methyl sites for hydroxylation is 3. The maximum atomic E-state index is 12.9. The minimum atomic E-state index is -3.81. The van der Waals surface area contributed by atoms with Crippen LogP contribution in [-0.4, -0.2) is 46.4 Å². The van der Waals surface area contributed by atoms with Crippen molar-refractivity contribution < 1.29 is 13.2 Å². The summed E-state index contributed by atoms with van der Waals surface area (Å²) >= 11 is 0. The summed E-state index contributed by atoms with van der Waals surface area (Å²) in [5.74, 6) is -0.276. The lowest BCUT2D eigenvalue weighted by atomic mass is 10.1. The Balaban J connectivity index is 2.20. The van der Waals surface area contributed by atoms with Crippen molar-refractivity contribution in [1.29, 1.82) is 0 Å². The van der Waals surface area contributed by atoms with Gasteiger partial charge in [-0.1, -0.05) is 23.8 Å². The van der Waals surface area contributed by atoms with Crippen molar-refractivity contribution in [2.24, 2.45) is 0 Å². The molecule has 0 unspecified atom stereocenters. The molecule has 0 aliphatic carbocycles. The van der Waals surface area contributed by atoms with Crippen molar-refractivity contribution in [3.63, 3.8) is 0 Å². The van der Waals surface area contributed by atoms with E-state index in [-0.39, 0.29) is 10.8 Å². The van der Waals surface area contributed by atoms with Gasteiger partial charge in [0.25, 0.3) is 15.9 Å². The predicted octanol–water partition coefficient (Wildman–Crippen LogP) is 3.09. The zero-order valence-electron chi connectivity index (χ0n) is 17.2. The maximum absolute atomic E-state index is 12.9. The number of hydrogen-bond donors (Lipinski definition) is 2. The van der Waals surface area contributed by atoms with Crippen LogP contribution in [0.1, 0.15) is 33.5 Å². The Labute approximate surface area is 168 Å². The molecule has 0 aliphatic rings. The summed E-state index contributed by atoms with van der Waals surface area (Å²) in [5, 5.41) is 2.84. The van der Waals surface area contributed by atoms with Gasteiger partial charge in [-0.15, -0.1) is 0 Å². The van der Waals surface area contributed by atoms with Crippen LogP contribution in [0.4, 0.5) is 5.69 Å². The Hall–Kier alpha value is -2.38. The number of benzene rings is 2. The fraction of sp³-hybridized carbons (Fsp3) is 0.381. The largest absolute Gasteiger partial charge is 0.352 e. The smallest absolute Gasteiger partial charge is 0.262 e. The third kappa shape index (κ3) is 5.81. The molecule has 6 nitrogen and oxygen atoms in total. The van der Waals surface area contributed by atoms with Crippen molar-refractivity contribution >= 4 is 21.6 Å². The van der Waals surface area contributed by atoms with Crippen LogP contribution < -0.4 is 10.0 Å². The lowest BCUT2D eigenvalue weighted by Crippen LogP contribution is -2.27. The molecule has 0 fully saturated rings. The summed E-state index contributed by atoms with van der Waals surface area (Å²) in [5.41, 5.74) is 3.35. The van der Waals surface area contributed by atoms with Crippen LogP contribution >= 0.6 is 0 Å². The highest BCUT2D eigenvalue weighted by Crippen LogP contribution is 2.23. The Morgan fingerprint density at radius 2 is 1.71 bits per heavy atom. The molecular weight excluding hydrogens is 374 g/mol. The van der Waals surface area contributed by atoms with E-state index in [1.54, 1.807) is 25.1 Å². The minimum Gasteiger partial charge on any atom is -0.352 e. The molecule has 0 heterocycles. The Bertz CT molecular complexity index is 953. The van der Waals surface area contributed by atoms with E-state index < -0.39 is 10.0 Å². The second-order valence-corrected chi connectivity index (χ2v) is 8.97. The Morgan fingerprint density at radius 3 is 2.36 bits per heavy atom. The molecule has 0 aromatic heterocycles. The van der Waals surface area contributed by atoms with Crippen LogP contribution in [0.2, 0.25) is 0 Å². The summed E-state index contributed by atoms with van der Waals surface area (Å²) in [6, 6.07) is 10.3. The first-order chi connectivity index (χ1) is 13.1. The molecule has 7 heteroatoms. The molecule has 28 heavy (non-hydrogen) atoms. The molecule has 0 saturated carbocycles. The van der Waals surface area contributed by atoms with E-state index >= 15 is 0 Å². The molecule has 2 aromatic carbocycles. The van der Waals surface area contributed by atoms with E-state index in [1.807, 2.05) is 45.0 Å². The van der Waals surface area contributed by atoms with Gasteiger partial charge in [0.05, 0.1) is 10.6 Å². The summed E-state index contributed by atoms with van der Waals surface area (Å²) < 4.78 is 28.5. The zero-order chi connectivity index (χ0) is 20.9. The number of sulfonamides is 1. The highest BCUT2D eigenvalue weighted by Gasteiger charge is 2.20. The fourth-order valence-corrected chi connectivity index (χ4v) is 4.26. The van der Waals surface area contributed by atoms with E-state index in [1.165, 1.54) is 6.07 Å². The molecule has 152 valence electrons. The standard InChI is InChI=1S/C21H29N3O3S/c1-15-7-10-19(17(3)13-15)23-28(26,27)20-14-18(9-8-16(20)2)21(25)22-11-6-12-24(4)5/h7-10,13-14,23H,6,11-12H2,1-5H3,(H,22,25). The number of anilines is 1. The highest BCUT2D eigenvalue weighted by molar-refractivity contribution is 7.92. The van der Waals surface area contributed by atoms with Crippen LogP contribution in [0, 0.1) is 20.8 Å². The molecule has 2 rings (SSSR count).